The number of nitrogens with one attached hydrogen (secondary N) is 1. The Morgan fingerprint density at radius 2 is 2.50 bits per heavy atom. The molecule has 92 valence electrons. The summed E-state index contributed by atoms with van der Waals surface area (Å²) in [5.41, 5.74) is 0. The van der Waals surface area contributed by atoms with Gasteiger partial charge in [0.25, 0.3) is 0 Å². The maximum absolute atomic E-state index is 11.5. The highest BCUT2D eigenvalue weighted by Gasteiger charge is 2.22. The first-order valence-electron chi connectivity index (χ1n) is 6.34. The molecule has 0 saturated carbocycles. The van der Waals surface area contributed by atoms with E-state index >= 15 is 0 Å². The predicted molar refractivity (Wildman–Crippen MR) is 68.7 cm³/mol. The molecule has 3 nitrogen and oxygen atoms in total. The molecule has 1 N–H and O–H groups in total. The van der Waals surface area contributed by atoms with Crippen LogP contribution in [0.1, 0.15) is 26.2 Å². The molecular weight excluding hydrogens is 220 g/mol. The summed E-state index contributed by atoms with van der Waals surface area (Å²) in [7, 11) is 0. The fraction of sp³-hybridized carbons (Fsp3) is 0.917. The van der Waals surface area contributed by atoms with Crippen LogP contribution in [-0.4, -0.2) is 48.0 Å². The maximum Gasteiger partial charge on any atom is 0.222 e. The Labute approximate surface area is 102 Å². The van der Waals surface area contributed by atoms with E-state index in [-0.39, 0.29) is 0 Å². The van der Waals surface area contributed by atoms with Gasteiger partial charge in [-0.2, -0.15) is 11.8 Å². The van der Waals surface area contributed by atoms with E-state index in [1.165, 1.54) is 17.9 Å². The molecule has 0 bridgehead atoms. The van der Waals surface area contributed by atoms with Gasteiger partial charge in [0, 0.05) is 25.6 Å². The van der Waals surface area contributed by atoms with Crippen molar-refractivity contribution >= 4 is 17.7 Å². The molecule has 2 fully saturated rings. The lowest BCUT2D eigenvalue weighted by Crippen LogP contribution is -2.41. The number of carbonyl (C=O) groups is 1. The van der Waals surface area contributed by atoms with Gasteiger partial charge >= 0.3 is 0 Å². The summed E-state index contributed by atoms with van der Waals surface area (Å²) < 4.78 is 0. The zero-order valence-electron chi connectivity index (χ0n) is 10.1. The molecule has 0 radical (unpaired) electrons. The van der Waals surface area contributed by atoms with Gasteiger partial charge in [0.1, 0.15) is 0 Å². The Bertz CT molecular complexity index is 241. The van der Waals surface area contributed by atoms with Crippen molar-refractivity contribution in [3.8, 4) is 0 Å². The summed E-state index contributed by atoms with van der Waals surface area (Å²) in [5, 5.41) is 3.56. The standard InChI is InChI=1S/C12H22N2OS/c1-10(8-14-5-2-3-12(14)15)13-7-11-4-6-16-9-11/h10-11,13H,2-9H2,1H3. The fourth-order valence-electron chi connectivity index (χ4n) is 2.40. The second-order valence-corrected chi connectivity index (χ2v) is 6.13. The number of carbonyl (C=O) groups excluding carboxylic acids is 1. The van der Waals surface area contributed by atoms with Crippen LogP contribution in [0.15, 0.2) is 0 Å². The van der Waals surface area contributed by atoms with E-state index in [1.807, 2.05) is 4.90 Å². The molecular formula is C12H22N2OS. The van der Waals surface area contributed by atoms with Crippen LogP contribution in [-0.2, 0) is 4.79 Å². The maximum atomic E-state index is 11.5. The zero-order chi connectivity index (χ0) is 11.4. The molecule has 2 aliphatic heterocycles. The summed E-state index contributed by atoms with van der Waals surface area (Å²) >= 11 is 2.06. The van der Waals surface area contributed by atoms with Gasteiger partial charge in [0.2, 0.25) is 5.91 Å². The summed E-state index contributed by atoms with van der Waals surface area (Å²) in [4.78, 5) is 13.5. The predicted octanol–water partition coefficient (Wildman–Crippen LogP) is 1.34. The average molecular weight is 242 g/mol. The van der Waals surface area contributed by atoms with Crippen LogP contribution in [0.25, 0.3) is 0 Å². The number of nitrogens with zero attached hydrogens (tertiary/aromatic N) is 1. The highest BCUT2D eigenvalue weighted by molar-refractivity contribution is 7.99. The third-order valence-electron chi connectivity index (χ3n) is 3.44. The Morgan fingerprint density at radius 1 is 1.62 bits per heavy atom. The van der Waals surface area contributed by atoms with Crippen molar-refractivity contribution in [1.82, 2.24) is 10.2 Å². The first-order valence-corrected chi connectivity index (χ1v) is 7.50. The molecule has 2 atom stereocenters. The van der Waals surface area contributed by atoms with E-state index in [1.54, 1.807) is 0 Å². The highest BCUT2D eigenvalue weighted by atomic mass is 32.2. The third-order valence-corrected chi connectivity index (χ3v) is 4.68. The van der Waals surface area contributed by atoms with Crippen LogP contribution in [0.5, 0.6) is 0 Å². The number of rotatable bonds is 5. The van der Waals surface area contributed by atoms with Gasteiger partial charge in [-0.1, -0.05) is 0 Å². The topological polar surface area (TPSA) is 32.3 Å². The second kappa shape index (κ2) is 5.92. The molecule has 0 aromatic rings. The van der Waals surface area contributed by atoms with Crippen molar-refractivity contribution in [2.24, 2.45) is 5.92 Å². The highest BCUT2D eigenvalue weighted by Crippen LogP contribution is 2.22. The molecule has 16 heavy (non-hydrogen) atoms. The summed E-state index contributed by atoms with van der Waals surface area (Å²) in [6.45, 7) is 5.16. The monoisotopic (exact) mass is 242 g/mol. The summed E-state index contributed by atoms with van der Waals surface area (Å²) in [6.07, 6.45) is 3.16. The van der Waals surface area contributed by atoms with Crippen molar-refractivity contribution in [2.45, 2.75) is 32.2 Å². The number of amides is 1. The van der Waals surface area contributed by atoms with E-state index in [9.17, 15) is 4.79 Å². The second-order valence-electron chi connectivity index (χ2n) is 4.98. The van der Waals surface area contributed by atoms with Crippen molar-refractivity contribution in [2.75, 3.05) is 31.1 Å². The number of thioether (sulfide) groups is 1. The van der Waals surface area contributed by atoms with E-state index in [4.69, 9.17) is 0 Å². The molecule has 2 saturated heterocycles. The Hall–Kier alpha value is -0.220. The number of likely N-dealkylation sites (tertiary alicyclic amines) is 1. The fourth-order valence-corrected chi connectivity index (χ4v) is 3.69. The van der Waals surface area contributed by atoms with E-state index in [2.05, 4.69) is 24.0 Å². The van der Waals surface area contributed by atoms with Gasteiger partial charge in [-0.25, -0.2) is 0 Å². The normalized spacial score (nSPS) is 27.7. The van der Waals surface area contributed by atoms with Crippen molar-refractivity contribution < 1.29 is 4.79 Å². The van der Waals surface area contributed by atoms with Gasteiger partial charge < -0.3 is 10.2 Å². The van der Waals surface area contributed by atoms with Crippen LogP contribution in [0.2, 0.25) is 0 Å². The van der Waals surface area contributed by atoms with Crippen LogP contribution < -0.4 is 5.32 Å². The quantitative estimate of drug-likeness (QED) is 0.789. The minimum atomic E-state index is 0.338. The average Bonchev–Trinajstić information content (AvgIpc) is 2.88. The van der Waals surface area contributed by atoms with Crippen molar-refractivity contribution in [1.29, 1.82) is 0 Å². The van der Waals surface area contributed by atoms with Crippen molar-refractivity contribution in [3.63, 3.8) is 0 Å². The summed E-state index contributed by atoms with van der Waals surface area (Å²) in [5.74, 6) is 3.82. The lowest BCUT2D eigenvalue weighted by atomic mass is 10.1. The third kappa shape index (κ3) is 3.39. The smallest absolute Gasteiger partial charge is 0.222 e. The molecule has 2 aliphatic rings. The Morgan fingerprint density at radius 3 is 3.12 bits per heavy atom. The Balaban J connectivity index is 1.63. The summed E-state index contributed by atoms with van der Waals surface area (Å²) in [6, 6.07) is 0.438. The van der Waals surface area contributed by atoms with Crippen LogP contribution >= 0.6 is 11.8 Å². The molecule has 0 spiro atoms. The minimum Gasteiger partial charge on any atom is -0.341 e. The molecule has 4 heteroatoms. The van der Waals surface area contributed by atoms with Crippen LogP contribution in [0.3, 0.4) is 0 Å². The van der Waals surface area contributed by atoms with Crippen LogP contribution in [0, 0.1) is 5.92 Å². The zero-order valence-corrected chi connectivity index (χ0v) is 10.9. The lowest BCUT2D eigenvalue weighted by molar-refractivity contribution is -0.127. The number of hydrogen-bond donors (Lipinski definition) is 1. The largest absolute Gasteiger partial charge is 0.341 e. The van der Waals surface area contributed by atoms with Crippen molar-refractivity contribution in [3.05, 3.63) is 0 Å². The molecule has 0 aliphatic carbocycles. The molecule has 0 aromatic carbocycles. The van der Waals surface area contributed by atoms with Crippen LogP contribution in [0.4, 0.5) is 0 Å². The molecule has 1 amide bonds. The first-order chi connectivity index (χ1) is 7.75. The minimum absolute atomic E-state index is 0.338. The molecule has 0 aromatic heterocycles. The SMILES string of the molecule is CC(CN1CCCC1=O)NCC1CCSC1. The lowest BCUT2D eigenvalue weighted by Gasteiger charge is -2.22. The van der Waals surface area contributed by atoms with Gasteiger partial charge in [-0.3, -0.25) is 4.79 Å². The van der Waals surface area contributed by atoms with E-state index in [0.29, 0.717) is 11.9 Å². The number of hydrogen-bond acceptors (Lipinski definition) is 3. The molecule has 2 rings (SSSR count). The first kappa shape index (κ1) is 12.2. The van der Waals surface area contributed by atoms with Gasteiger partial charge in [0.15, 0.2) is 0 Å². The van der Waals surface area contributed by atoms with Gasteiger partial charge in [-0.05, 0) is 43.7 Å². The van der Waals surface area contributed by atoms with Gasteiger partial charge in [0.05, 0.1) is 0 Å². The van der Waals surface area contributed by atoms with E-state index in [0.717, 1.165) is 38.4 Å². The Kier molecular flexibility index (Phi) is 4.53. The molecule has 2 heterocycles. The van der Waals surface area contributed by atoms with Gasteiger partial charge in [-0.15, -0.1) is 0 Å². The molecule has 2 unspecified atom stereocenters. The van der Waals surface area contributed by atoms with E-state index < -0.39 is 0 Å².